The van der Waals surface area contributed by atoms with E-state index in [0.29, 0.717) is 30.4 Å². The summed E-state index contributed by atoms with van der Waals surface area (Å²) in [5.74, 6) is -1.66. The molecule has 39 heavy (non-hydrogen) atoms. The van der Waals surface area contributed by atoms with E-state index in [9.17, 15) is 19.2 Å². The number of methoxy groups -OCH3 is 1. The average molecular weight is 535 g/mol. The SMILES string of the molecule is CCN(CC)c1ccc2cc(C(=O)NCCCCNC(=O)c3cc(N=[N+]=[N-])cc(C(=O)OC)c3)c(=O)oc2c1. The molecule has 204 valence electrons. The van der Waals surface area contributed by atoms with Gasteiger partial charge in [0.25, 0.3) is 11.8 Å². The minimum Gasteiger partial charge on any atom is -0.465 e. The number of ether oxygens (including phenoxy) is 1. The third-order valence-corrected chi connectivity index (χ3v) is 6.03. The Bertz CT molecular complexity index is 1470. The number of rotatable bonds is 12. The van der Waals surface area contributed by atoms with Gasteiger partial charge in [0.05, 0.1) is 12.7 Å². The van der Waals surface area contributed by atoms with E-state index in [4.69, 9.17) is 9.95 Å². The first-order valence-corrected chi connectivity index (χ1v) is 12.5. The monoisotopic (exact) mass is 534 g/mol. The smallest absolute Gasteiger partial charge is 0.349 e. The Morgan fingerprint density at radius 1 is 0.974 bits per heavy atom. The van der Waals surface area contributed by atoms with E-state index in [0.717, 1.165) is 18.8 Å². The molecule has 12 nitrogen and oxygen atoms in total. The molecule has 0 radical (unpaired) electrons. The van der Waals surface area contributed by atoms with Crippen LogP contribution in [0.4, 0.5) is 11.4 Å². The van der Waals surface area contributed by atoms with Gasteiger partial charge in [-0.15, -0.1) is 0 Å². The highest BCUT2D eigenvalue weighted by molar-refractivity contribution is 5.99. The van der Waals surface area contributed by atoms with E-state index >= 15 is 0 Å². The summed E-state index contributed by atoms with van der Waals surface area (Å²) in [6.07, 6.45) is 1.07. The van der Waals surface area contributed by atoms with E-state index in [1.165, 1.54) is 31.4 Å². The van der Waals surface area contributed by atoms with Crippen LogP contribution in [0.3, 0.4) is 0 Å². The zero-order chi connectivity index (χ0) is 28.4. The van der Waals surface area contributed by atoms with Crippen LogP contribution in [0.25, 0.3) is 21.4 Å². The van der Waals surface area contributed by atoms with Gasteiger partial charge in [-0.3, -0.25) is 9.59 Å². The van der Waals surface area contributed by atoms with Crippen LogP contribution in [0.2, 0.25) is 0 Å². The second-order valence-corrected chi connectivity index (χ2v) is 8.51. The molecule has 2 aromatic carbocycles. The highest BCUT2D eigenvalue weighted by Crippen LogP contribution is 2.22. The second kappa shape index (κ2) is 13.6. The number of carbonyl (C=O) groups is 3. The number of anilines is 1. The van der Waals surface area contributed by atoms with Crippen LogP contribution in [0.5, 0.6) is 0 Å². The van der Waals surface area contributed by atoms with E-state index in [1.807, 2.05) is 26.0 Å². The molecule has 3 rings (SSSR count). The molecule has 0 bridgehead atoms. The van der Waals surface area contributed by atoms with Crippen molar-refractivity contribution in [2.75, 3.05) is 38.2 Å². The summed E-state index contributed by atoms with van der Waals surface area (Å²) in [7, 11) is 1.21. The highest BCUT2D eigenvalue weighted by atomic mass is 16.5. The number of amides is 2. The summed E-state index contributed by atoms with van der Waals surface area (Å²) in [5.41, 5.74) is 9.56. The highest BCUT2D eigenvalue weighted by Gasteiger charge is 2.15. The van der Waals surface area contributed by atoms with Gasteiger partial charge in [-0.05, 0) is 68.6 Å². The number of benzene rings is 2. The van der Waals surface area contributed by atoms with Crippen molar-refractivity contribution < 1.29 is 23.5 Å². The van der Waals surface area contributed by atoms with Gasteiger partial charge in [0.2, 0.25) is 0 Å². The number of hydrogen-bond donors (Lipinski definition) is 2. The molecular formula is C27H30N6O6. The van der Waals surface area contributed by atoms with Crippen LogP contribution in [0, 0.1) is 0 Å². The van der Waals surface area contributed by atoms with Crippen LogP contribution in [0.1, 0.15) is 57.8 Å². The molecule has 0 aliphatic carbocycles. The molecular weight excluding hydrogens is 504 g/mol. The number of azide groups is 1. The van der Waals surface area contributed by atoms with Gasteiger partial charge in [0.15, 0.2) is 0 Å². The number of nitrogens with zero attached hydrogens (tertiary/aromatic N) is 4. The fraction of sp³-hybridized carbons (Fsp3) is 0.333. The van der Waals surface area contributed by atoms with Crippen LogP contribution < -0.4 is 21.2 Å². The first-order valence-electron chi connectivity index (χ1n) is 12.5. The van der Waals surface area contributed by atoms with E-state index in [2.05, 4.69) is 30.3 Å². The van der Waals surface area contributed by atoms with Crippen molar-refractivity contribution >= 4 is 40.1 Å². The van der Waals surface area contributed by atoms with Crippen LogP contribution >= 0.6 is 0 Å². The number of unbranched alkanes of at least 4 members (excludes halogenated alkanes) is 1. The molecule has 0 aliphatic rings. The van der Waals surface area contributed by atoms with Crippen molar-refractivity contribution in [3.05, 3.63) is 80.0 Å². The predicted molar refractivity (Wildman–Crippen MR) is 147 cm³/mol. The Labute approximate surface area is 224 Å². The Hall–Kier alpha value is -4.83. The van der Waals surface area contributed by atoms with Gasteiger partial charge >= 0.3 is 11.6 Å². The molecule has 1 aromatic heterocycles. The molecule has 0 saturated carbocycles. The lowest BCUT2D eigenvalue weighted by Crippen LogP contribution is -2.30. The molecule has 0 aliphatic heterocycles. The average Bonchev–Trinajstić information content (AvgIpc) is 2.94. The van der Waals surface area contributed by atoms with Gasteiger partial charge in [0, 0.05) is 59.5 Å². The third-order valence-electron chi connectivity index (χ3n) is 6.03. The summed E-state index contributed by atoms with van der Waals surface area (Å²) in [5, 5.41) is 9.52. The predicted octanol–water partition coefficient (Wildman–Crippen LogP) is 4.31. The minimum atomic E-state index is -0.710. The number of nitrogens with one attached hydrogen (secondary N) is 2. The van der Waals surface area contributed by atoms with E-state index < -0.39 is 23.4 Å². The maximum atomic E-state index is 12.6. The molecule has 0 spiro atoms. The van der Waals surface area contributed by atoms with Crippen molar-refractivity contribution in [3.8, 4) is 0 Å². The van der Waals surface area contributed by atoms with Gasteiger partial charge in [-0.2, -0.15) is 0 Å². The Kier molecular flexibility index (Phi) is 10.0. The molecule has 2 amide bonds. The zero-order valence-corrected chi connectivity index (χ0v) is 22.0. The maximum Gasteiger partial charge on any atom is 0.349 e. The molecule has 0 atom stereocenters. The van der Waals surface area contributed by atoms with Crippen LogP contribution in [0.15, 0.2) is 56.8 Å². The summed E-state index contributed by atoms with van der Waals surface area (Å²) in [6, 6.07) is 11.1. The molecule has 0 saturated heterocycles. The standard InChI is InChI=1S/C27H30N6O6/c1-4-33(5-2)21-9-8-17-15-22(27(37)39-23(17)16-21)25(35)30-11-7-6-10-29-24(34)18-12-19(26(36)38-3)14-20(13-18)31-32-28/h8-9,12-16H,4-7,10-11H2,1-3H3,(H,29,34)(H,30,35). The van der Waals surface area contributed by atoms with E-state index in [-0.39, 0.29) is 28.9 Å². The third kappa shape index (κ3) is 7.36. The fourth-order valence-electron chi connectivity index (χ4n) is 3.98. The van der Waals surface area contributed by atoms with Crippen LogP contribution in [-0.4, -0.2) is 51.1 Å². The van der Waals surface area contributed by atoms with Crippen molar-refractivity contribution in [2.24, 2.45) is 5.11 Å². The molecule has 0 fully saturated rings. The van der Waals surface area contributed by atoms with Gasteiger partial charge in [0.1, 0.15) is 11.1 Å². The summed E-state index contributed by atoms with van der Waals surface area (Å²) in [4.78, 5) is 54.2. The first kappa shape index (κ1) is 28.7. The minimum absolute atomic E-state index is 0.0762. The van der Waals surface area contributed by atoms with Gasteiger partial charge in [-0.25, -0.2) is 9.59 Å². The summed E-state index contributed by atoms with van der Waals surface area (Å²) in [6.45, 7) is 6.29. The van der Waals surface area contributed by atoms with Crippen molar-refractivity contribution in [1.82, 2.24) is 10.6 Å². The van der Waals surface area contributed by atoms with E-state index in [1.54, 1.807) is 6.07 Å². The van der Waals surface area contributed by atoms with Crippen molar-refractivity contribution in [2.45, 2.75) is 26.7 Å². The number of carbonyl (C=O) groups excluding carboxylic acids is 3. The summed E-state index contributed by atoms with van der Waals surface area (Å²) >= 11 is 0. The Balaban J connectivity index is 1.52. The molecule has 0 unspecified atom stereocenters. The topological polar surface area (TPSA) is 167 Å². The number of fused-ring (bicyclic) bond motifs is 1. The largest absolute Gasteiger partial charge is 0.465 e. The number of hydrogen-bond acceptors (Lipinski definition) is 8. The zero-order valence-electron chi connectivity index (χ0n) is 22.0. The molecule has 3 aromatic rings. The maximum absolute atomic E-state index is 12.6. The Morgan fingerprint density at radius 3 is 2.28 bits per heavy atom. The van der Waals surface area contributed by atoms with Crippen molar-refractivity contribution in [3.63, 3.8) is 0 Å². The number of esters is 1. The second-order valence-electron chi connectivity index (χ2n) is 8.51. The van der Waals surface area contributed by atoms with Gasteiger partial charge in [-0.1, -0.05) is 5.11 Å². The van der Waals surface area contributed by atoms with Gasteiger partial charge < -0.3 is 24.7 Å². The quantitative estimate of drug-likeness (QED) is 0.0872. The lowest BCUT2D eigenvalue weighted by atomic mass is 10.1. The lowest BCUT2D eigenvalue weighted by Gasteiger charge is -2.21. The molecule has 1 heterocycles. The normalized spacial score (nSPS) is 10.4. The first-order chi connectivity index (χ1) is 18.8. The Morgan fingerprint density at radius 2 is 1.64 bits per heavy atom. The summed E-state index contributed by atoms with van der Waals surface area (Å²) < 4.78 is 10.1. The fourth-order valence-corrected chi connectivity index (χ4v) is 3.98. The van der Waals surface area contributed by atoms with Crippen LogP contribution in [-0.2, 0) is 4.74 Å². The molecule has 2 N–H and O–H groups in total. The molecule has 12 heteroatoms. The van der Waals surface area contributed by atoms with Crippen molar-refractivity contribution in [1.29, 1.82) is 0 Å². The lowest BCUT2D eigenvalue weighted by molar-refractivity contribution is 0.0600.